The summed E-state index contributed by atoms with van der Waals surface area (Å²) in [5.74, 6) is 1.46. The number of benzene rings is 1. The van der Waals surface area contributed by atoms with Crippen molar-refractivity contribution < 1.29 is 9.53 Å². The number of ether oxygens (including phenoxy) is 1. The third kappa shape index (κ3) is 3.50. The molecule has 2 aromatic rings. The molecule has 20 heavy (non-hydrogen) atoms. The highest BCUT2D eigenvalue weighted by molar-refractivity contribution is 5.88. The smallest absolute Gasteiger partial charge is 0.320 e. The Labute approximate surface area is 117 Å². The summed E-state index contributed by atoms with van der Waals surface area (Å²) in [5, 5.41) is 9.70. The molecule has 2 rings (SSSR count). The minimum absolute atomic E-state index is 0.260. The molecule has 0 saturated carbocycles. The summed E-state index contributed by atoms with van der Waals surface area (Å²) in [6, 6.07) is 9.09. The first-order chi connectivity index (χ1) is 9.58. The lowest BCUT2D eigenvalue weighted by atomic mass is 10.2. The molecule has 106 valence electrons. The summed E-state index contributed by atoms with van der Waals surface area (Å²) < 4.78 is 6.71. The van der Waals surface area contributed by atoms with Crippen molar-refractivity contribution in [2.24, 2.45) is 7.05 Å². The monoisotopic (exact) mass is 274 g/mol. The van der Waals surface area contributed by atoms with E-state index >= 15 is 0 Å². The Morgan fingerprint density at radius 2 is 2.05 bits per heavy atom. The van der Waals surface area contributed by atoms with Gasteiger partial charge in [0.2, 0.25) is 0 Å². The van der Waals surface area contributed by atoms with Gasteiger partial charge in [0.15, 0.2) is 0 Å². The highest BCUT2D eigenvalue weighted by Gasteiger charge is 2.06. The number of carbonyl (C=O) groups is 1. The number of aromatic nitrogens is 2. The third-order valence-corrected chi connectivity index (χ3v) is 2.86. The van der Waals surface area contributed by atoms with E-state index in [0.29, 0.717) is 12.4 Å². The van der Waals surface area contributed by atoms with Gasteiger partial charge >= 0.3 is 6.03 Å². The van der Waals surface area contributed by atoms with Gasteiger partial charge < -0.3 is 10.1 Å². The zero-order valence-electron chi connectivity index (χ0n) is 11.8. The van der Waals surface area contributed by atoms with Crippen molar-refractivity contribution in [3.05, 3.63) is 41.6 Å². The lowest BCUT2D eigenvalue weighted by Crippen LogP contribution is -2.29. The molecule has 0 radical (unpaired) electrons. The molecule has 2 amide bonds. The van der Waals surface area contributed by atoms with Crippen LogP contribution in [0.25, 0.3) is 0 Å². The number of urea groups is 1. The van der Waals surface area contributed by atoms with E-state index < -0.39 is 0 Å². The normalized spacial score (nSPS) is 10.2. The summed E-state index contributed by atoms with van der Waals surface area (Å²) in [4.78, 5) is 11.8. The largest absolute Gasteiger partial charge is 0.497 e. The topological polar surface area (TPSA) is 68.2 Å². The number of nitrogens with zero attached hydrogens (tertiary/aromatic N) is 2. The molecule has 0 bridgehead atoms. The molecule has 0 fully saturated rings. The Hall–Kier alpha value is -2.50. The summed E-state index contributed by atoms with van der Waals surface area (Å²) in [5.41, 5.74) is 1.86. The molecular weight excluding hydrogens is 256 g/mol. The average molecular weight is 274 g/mol. The summed E-state index contributed by atoms with van der Waals surface area (Å²) in [6.07, 6.45) is 0. The molecule has 6 heteroatoms. The molecule has 0 aliphatic heterocycles. The number of hydrogen-bond donors (Lipinski definition) is 2. The molecule has 0 aliphatic carbocycles. The first kappa shape index (κ1) is 13.9. The minimum Gasteiger partial charge on any atom is -0.497 e. The van der Waals surface area contributed by atoms with E-state index in [9.17, 15) is 4.79 Å². The van der Waals surface area contributed by atoms with Crippen molar-refractivity contribution in [3.8, 4) is 5.75 Å². The van der Waals surface area contributed by atoms with Gasteiger partial charge in [0, 0.05) is 19.7 Å². The molecule has 6 nitrogen and oxygen atoms in total. The Balaban J connectivity index is 1.87. The number of hydrogen-bond acceptors (Lipinski definition) is 3. The molecule has 2 N–H and O–H groups in total. The Kier molecular flexibility index (Phi) is 4.24. The number of nitrogens with one attached hydrogen (secondary N) is 2. The van der Waals surface area contributed by atoms with E-state index in [0.717, 1.165) is 17.0 Å². The minimum atomic E-state index is -0.260. The fourth-order valence-electron chi connectivity index (χ4n) is 1.81. The second-order valence-electron chi connectivity index (χ2n) is 4.45. The molecule has 0 saturated heterocycles. The van der Waals surface area contributed by atoms with E-state index in [1.165, 1.54) is 0 Å². The molecule has 0 unspecified atom stereocenters. The number of aryl methyl sites for hydroxylation is 2. The summed E-state index contributed by atoms with van der Waals surface area (Å²) in [7, 11) is 3.41. The third-order valence-electron chi connectivity index (χ3n) is 2.86. The van der Waals surface area contributed by atoms with Gasteiger partial charge in [0.05, 0.1) is 12.8 Å². The zero-order chi connectivity index (χ0) is 14.5. The van der Waals surface area contributed by atoms with E-state index in [1.54, 1.807) is 18.8 Å². The van der Waals surface area contributed by atoms with E-state index in [1.807, 2.05) is 37.3 Å². The van der Waals surface area contributed by atoms with Crippen molar-refractivity contribution in [2.45, 2.75) is 13.5 Å². The number of rotatable bonds is 4. The lowest BCUT2D eigenvalue weighted by molar-refractivity contribution is 0.251. The highest BCUT2D eigenvalue weighted by Crippen LogP contribution is 2.11. The van der Waals surface area contributed by atoms with E-state index in [2.05, 4.69) is 15.7 Å². The number of methoxy groups -OCH3 is 1. The zero-order valence-corrected chi connectivity index (χ0v) is 11.8. The lowest BCUT2D eigenvalue weighted by Gasteiger charge is -2.08. The summed E-state index contributed by atoms with van der Waals surface area (Å²) >= 11 is 0. The van der Waals surface area contributed by atoms with Crippen LogP contribution in [0.3, 0.4) is 0 Å². The standard InChI is InChI=1S/C14H18N4O2/c1-10-8-13(18(2)17-10)16-14(19)15-9-11-4-6-12(20-3)7-5-11/h4-8H,9H2,1-3H3,(H2,15,16,19). The van der Waals surface area contributed by atoms with Crippen LogP contribution in [-0.4, -0.2) is 22.9 Å². The number of amides is 2. The van der Waals surface area contributed by atoms with Crippen molar-refractivity contribution in [1.82, 2.24) is 15.1 Å². The van der Waals surface area contributed by atoms with Crippen LogP contribution in [0, 0.1) is 6.92 Å². The Morgan fingerprint density at radius 1 is 1.35 bits per heavy atom. The molecule has 1 aromatic carbocycles. The van der Waals surface area contributed by atoms with Gasteiger partial charge in [-0.1, -0.05) is 12.1 Å². The second-order valence-corrected chi connectivity index (χ2v) is 4.45. The van der Waals surface area contributed by atoms with Crippen LogP contribution < -0.4 is 15.4 Å². The molecule has 0 spiro atoms. The Bertz CT molecular complexity index is 590. The maximum Gasteiger partial charge on any atom is 0.320 e. The molecule has 0 aliphatic rings. The first-order valence-electron chi connectivity index (χ1n) is 6.27. The SMILES string of the molecule is COc1ccc(CNC(=O)Nc2cc(C)nn2C)cc1. The van der Waals surface area contributed by atoms with Crippen LogP contribution >= 0.6 is 0 Å². The maximum absolute atomic E-state index is 11.8. The van der Waals surface area contributed by atoms with Gasteiger partial charge in [-0.25, -0.2) is 4.79 Å². The van der Waals surface area contributed by atoms with Crippen LogP contribution in [-0.2, 0) is 13.6 Å². The van der Waals surface area contributed by atoms with E-state index in [-0.39, 0.29) is 6.03 Å². The van der Waals surface area contributed by atoms with Gasteiger partial charge in [-0.3, -0.25) is 10.00 Å². The summed E-state index contributed by atoms with van der Waals surface area (Å²) in [6.45, 7) is 2.33. The van der Waals surface area contributed by atoms with Crippen LogP contribution in [0.5, 0.6) is 5.75 Å². The molecule has 0 atom stereocenters. The molecule has 1 aromatic heterocycles. The molecular formula is C14H18N4O2. The number of carbonyl (C=O) groups excluding carboxylic acids is 1. The van der Waals surface area contributed by atoms with Crippen LogP contribution in [0.1, 0.15) is 11.3 Å². The van der Waals surface area contributed by atoms with Gasteiger partial charge in [-0.15, -0.1) is 0 Å². The van der Waals surface area contributed by atoms with Gasteiger partial charge in [-0.05, 0) is 24.6 Å². The Morgan fingerprint density at radius 3 is 2.60 bits per heavy atom. The fraction of sp³-hybridized carbons (Fsp3) is 0.286. The van der Waals surface area contributed by atoms with Crippen molar-refractivity contribution in [3.63, 3.8) is 0 Å². The average Bonchev–Trinajstić information content (AvgIpc) is 2.75. The van der Waals surface area contributed by atoms with Crippen molar-refractivity contribution in [2.75, 3.05) is 12.4 Å². The van der Waals surface area contributed by atoms with Gasteiger partial charge in [0.1, 0.15) is 11.6 Å². The van der Waals surface area contributed by atoms with Gasteiger partial charge in [0.25, 0.3) is 0 Å². The van der Waals surface area contributed by atoms with Crippen LogP contribution in [0.4, 0.5) is 10.6 Å². The van der Waals surface area contributed by atoms with Crippen molar-refractivity contribution >= 4 is 11.8 Å². The van der Waals surface area contributed by atoms with Crippen LogP contribution in [0.15, 0.2) is 30.3 Å². The predicted molar refractivity (Wildman–Crippen MR) is 76.8 cm³/mol. The first-order valence-corrected chi connectivity index (χ1v) is 6.27. The molecule has 1 heterocycles. The highest BCUT2D eigenvalue weighted by atomic mass is 16.5. The second kappa shape index (κ2) is 6.10. The number of anilines is 1. The van der Waals surface area contributed by atoms with Crippen molar-refractivity contribution in [1.29, 1.82) is 0 Å². The van der Waals surface area contributed by atoms with Crippen LogP contribution in [0.2, 0.25) is 0 Å². The fourth-order valence-corrected chi connectivity index (χ4v) is 1.81. The quantitative estimate of drug-likeness (QED) is 0.896. The maximum atomic E-state index is 11.8. The van der Waals surface area contributed by atoms with E-state index in [4.69, 9.17) is 4.74 Å². The van der Waals surface area contributed by atoms with Gasteiger partial charge in [-0.2, -0.15) is 5.10 Å². The predicted octanol–water partition coefficient (Wildman–Crippen LogP) is 2.06.